The molecule has 1 aromatic rings. The van der Waals surface area contributed by atoms with Crippen molar-refractivity contribution in [2.75, 3.05) is 6.54 Å². The maximum absolute atomic E-state index is 12.2. The minimum atomic E-state index is -3.79. The van der Waals surface area contributed by atoms with Gasteiger partial charge in [0.15, 0.2) is 0 Å². The largest absolute Gasteiger partial charge is 0.460 e. The predicted octanol–water partition coefficient (Wildman–Crippen LogP) is 4.22. The number of ether oxygens (including phenoxy) is 1. The molecule has 0 aromatic carbocycles. The van der Waals surface area contributed by atoms with Crippen LogP contribution in [0, 0.1) is 0 Å². The summed E-state index contributed by atoms with van der Waals surface area (Å²) >= 11 is 15.8. The van der Waals surface area contributed by atoms with Crippen molar-refractivity contribution in [2.24, 2.45) is 0 Å². The average Bonchev–Trinajstić information content (AvgIpc) is 2.57. The lowest BCUT2D eigenvalue weighted by atomic mass is 10.2. The number of sulfonamides is 1. The molecule has 0 unspecified atom stereocenters. The first-order valence-corrected chi connectivity index (χ1v) is 10.1. The number of hydrogen-bond donors (Lipinski definition) is 1. The number of esters is 1. The molecule has 5 nitrogen and oxygen atoms in total. The molecule has 10 heteroatoms. The summed E-state index contributed by atoms with van der Waals surface area (Å²) in [6, 6.07) is 0. The van der Waals surface area contributed by atoms with Crippen molar-refractivity contribution in [2.45, 2.75) is 44.1 Å². The smallest absolute Gasteiger partial charge is 0.306 e. The van der Waals surface area contributed by atoms with Crippen LogP contribution >= 0.6 is 50.5 Å². The molecule has 0 amide bonds. The molecule has 0 atom stereocenters. The van der Waals surface area contributed by atoms with Gasteiger partial charge in [-0.1, -0.05) is 23.2 Å². The van der Waals surface area contributed by atoms with Crippen LogP contribution in [0.2, 0.25) is 8.67 Å². The summed E-state index contributed by atoms with van der Waals surface area (Å²) in [5.74, 6) is -0.371. The summed E-state index contributed by atoms with van der Waals surface area (Å²) in [6.45, 7) is 5.41. The molecule has 0 aliphatic carbocycles. The summed E-state index contributed by atoms with van der Waals surface area (Å²) in [7, 11) is -3.79. The van der Waals surface area contributed by atoms with Crippen LogP contribution in [0.4, 0.5) is 0 Å². The molecule has 126 valence electrons. The lowest BCUT2D eigenvalue weighted by Gasteiger charge is -2.19. The Morgan fingerprint density at radius 1 is 1.32 bits per heavy atom. The Kier molecular flexibility index (Phi) is 7.16. The van der Waals surface area contributed by atoms with Gasteiger partial charge in [0, 0.05) is 13.0 Å². The minimum Gasteiger partial charge on any atom is -0.460 e. The molecule has 0 bridgehead atoms. The quantitative estimate of drug-likeness (QED) is 0.518. The fourth-order valence-electron chi connectivity index (χ4n) is 1.47. The zero-order valence-electron chi connectivity index (χ0n) is 12.2. The average molecular weight is 453 g/mol. The van der Waals surface area contributed by atoms with E-state index < -0.39 is 15.6 Å². The van der Waals surface area contributed by atoms with Gasteiger partial charge in [0.1, 0.15) is 19.2 Å². The molecule has 1 heterocycles. The highest BCUT2D eigenvalue weighted by molar-refractivity contribution is 9.10. The van der Waals surface area contributed by atoms with Gasteiger partial charge >= 0.3 is 5.97 Å². The Morgan fingerprint density at radius 3 is 2.36 bits per heavy atom. The van der Waals surface area contributed by atoms with Gasteiger partial charge in [-0.05, 0) is 43.1 Å². The number of rotatable bonds is 6. The van der Waals surface area contributed by atoms with E-state index in [-0.39, 0.29) is 37.0 Å². The molecule has 0 radical (unpaired) electrons. The monoisotopic (exact) mass is 451 g/mol. The van der Waals surface area contributed by atoms with Crippen LogP contribution in [0.15, 0.2) is 9.37 Å². The predicted molar refractivity (Wildman–Crippen MR) is 92.3 cm³/mol. The van der Waals surface area contributed by atoms with Crippen LogP contribution in [0.1, 0.15) is 33.6 Å². The Balaban J connectivity index is 2.56. The van der Waals surface area contributed by atoms with Crippen LogP contribution in [-0.4, -0.2) is 26.5 Å². The first-order valence-electron chi connectivity index (χ1n) is 6.29. The van der Waals surface area contributed by atoms with Crippen LogP contribution in [-0.2, 0) is 19.6 Å². The van der Waals surface area contributed by atoms with Crippen molar-refractivity contribution >= 4 is 66.5 Å². The second-order valence-electron chi connectivity index (χ2n) is 5.38. The molecule has 22 heavy (non-hydrogen) atoms. The van der Waals surface area contributed by atoms with Crippen molar-refractivity contribution in [3.8, 4) is 0 Å². The summed E-state index contributed by atoms with van der Waals surface area (Å²) in [6.07, 6.45) is 0.445. The number of hydrogen-bond acceptors (Lipinski definition) is 5. The third kappa shape index (κ3) is 5.98. The normalized spacial score (nSPS) is 12.5. The Hall–Kier alpha value is 0.140. The van der Waals surface area contributed by atoms with Gasteiger partial charge in [-0.25, -0.2) is 13.1 Å². The van der Waals surface area contributed by atoms with Gasteiger partial charge in [-0.3, -0.25) is 4.79 Å². The highest BCUT2D eigenvalue weighted by Crippen LogP contribution is 2.42. The van der Waals surface area contributed by atoms with Crippen LogP contribution in [0.5, 0.6) is 0 Å². The molecule has 0 spiro atoms. The Labute approximate surface area is 152 Å². The molecule has 0 aliphatic rings. The number of carbonyl (C=O) groups is 1. The van der Waals surface area contributed by atoms with E-state index in [0.717, 1.165) is 11.3 Å². The molecule has 1 N–H and O–H groups in total. The van der Waals surface area contributed by atoms with Crippen molar-refractivity contribution in [1.82, 2.24) is 4.72 Å². The number of halogens is 3. The highest BCUT2D eigenvalue weighted by Gasteiger charge is 2.26. The van der Waals surface area contributed by atoms with Crippen molar-refractivity contribution in [1.29, 1.82) is 0 Å². The van der Waals surface area contributed by atoms with E-state index >= 15 is 0 Å². The van der Waals surface area contributed by atoms with E-state index in [2.05, 4.69) is 20.7 Å². The summed E-state index contributed by atoms with van der Waals surface area (Å²) in [5.41, 5.74) is -0.553. The van der Waals surface area contributed by atoms with Gasteiger partial charge in [-0.15, -0.1) is 11.3 Å². The van der Waals surface area contributed by atoms with Crippen molar-refractivity contribution in [3.05, 3.63) is 13.1 Å². The van der Waals surface area contributed by atoms with E-state index in [1.807, 2.05) is 0 Å². The van der Waals surface area contributed by atoms with Crippen LogP contribution in [0.25, 0.3) is 0 Å². The van der Waals surface area contributed by atoms with E-state index in [9.17, 15) is 13.2 Å². The summed E-state index contributed by atoms with van der Waals surface area (Å²) in [4.78, 5) is 11.4. The molecule has 0 fully saturated rings. The molecule has 0 aliphatic heterocycles. The summed E-state index contributed by atoms with van der Waals surface area (Å²) in [5, 5.41) is 0. The van der Waals surface area contributed by atoms with Crippen LogP contribution in [0.3, 0.4) is 0 Å². The zero-order chi connectivity index (χ0) is 17.1. The molecule has 0 saturated heterocycles. The third-order valence-electron chi connectivity index (χ3n) is 2.27. The van der Waals surface area contributed by atoms with Gasteiger partial charge in [0.2, 0.25) is 10.0 Å². The van der Waals surface area contributed by atoms with Gasteiger partial charge < -0.3 is 4.74 Å². The Bertz CT molecular complexity index is 653. The molecule has 0 saturated carbocycles. The SMILES string of the molecule is CC(C)(C)OC(=O)CCCNS(=O)(=O)c1c(Cl)sc(Cl)c1Br. The van der Waals surface area contributed by atoms with Crippen molar-refractivity contribution < 1.29 is 17.9 Å². The third-order valence-corrected chi connectivity index (χ3v) is 7.19. The Morgan fingerprint density at radius 2 is 1.91 bits per heavy atom. The second-order valence-corrected chi connectivity index (χ2v) is 10.1. The standard InChI is InChI=1S/C12H16BrCl2NO4S2/c1-12(2,3)20-7(17)5-4-6-16-22(18,19)9-8(13)10(14)21-11(9)15/h16H,4-6H2,1-3H3. The highest BCUT2D eigenvalue weighted by atomic mass is 79.9. The van der Waals surface area contributed by atoms with E-state index in [1.165, 1.54) is 0 Å². The number of thiophene rings is 1. The maximum atomic E-state index is 12.2. The molecular formula is C12H16BrCl2NO4S2. The van der Waals surface area contributed by atoms with Gasteiger partial charge in [0.25, 0.3) is 0 Å². The fraction of sp³-hybridized carbons (Fsp3) is 0.583. The van der Waals surface area contributed by atoms with Gasteiger partial charge in [0.05, 0.1) is 4.47 Å². The van der Waals surface area contributed by atoms with E-state index in [0.29, 0.717) is 6.42 Å². The lowest BCUT2D eigenvalue weighted by molar-refractivity contribution is -0.154. The van der Waals surface area contributed by atoms with Crippen LogP contribution < -0.4 is 4.72 Å². The summed E-state index contributed by atoms with van der Waals surface area (Å²) < 4.78 is 32.4. The lowest BCUT2D eigenvalue weighted by Crippen LogP contribution is -2.27. The number of carbonyl (C=O) groups excluding carboxylic acids is 1. The van der Waals surface area contributed by atoms with Crippen molar-refractivity contribution in [3.63, 3.8) is 0 Å². The first kappa shape index (κ1) is 20.2. The number of nitrogens with one attached hydrogen (secondary N) is 1. The van der Waals surface area contributed by atoms with E-state index in [4.69, 9.17) is 27.9 Å². The van der Waals surface area contributed by atoms with E-state index in [1.54, 1.807) is 20.8 Å². The minimum absolute atomic E-state index is 0.0801. The maximum Gasteiger partial charge on any atom is 0.306 e. The molecule has 1 aromatic heterocycles. The zero-order valence-corrected chi connectivity index (χ0v) is 16.9. The topological polar surface area (TPSA) is 72.5 Å². The fourth-order valence-corrected chi connectivity index (χ4v) is 6.10. The molecular weight excluding hydrogens is 437 g/mol. The van der Waals surface area contributed by atoms with Gasteiger partial charge in [-0.2, -0.15) is 0 Å². The first-order chi connectivity index (χ1) is 9.94. The molecule has 1 rings (SSSR count). The second kappa shape index (κ2) is 7.81.